The largest absolute Gasteiger partial charge is 0.352 e. The molecule has 0 saturated heterocycles. The number of aromatic nitrogens is 3. The Kier molecular flexibility index (Phi) is 5.65. The molecule has 0 bridgehead atoms. The number of nitrogens with zero attached hydrogens (tertiary/aromatic N) is 2. The molecule has 1 aromatic heterocycles. The van der Waals surface area contributed by atoms with Crippen LogP contribution >= 0.6 is 0 Å². The number of carbonyl (C=O) groups is 1. The summed E-state index contributed by atoms with van der Waals surface area (Å²) in [6, 6.07) is 12.6. The number of hydrogen-bond donors (Lipinski definition) is 2. The molecule has 0 radical (unpaired) electrons. The van der Waals surface area contributed by atoms with Crippen LogP contribution in [-0.2, 0) is 17.8 Å². The van der Waals surface area contributed by atoms with E-state index in [9.17, 15) is 18.4 Å². The summed E-state index contributed by atoms with van der Waals surface area (Å²) in [4.78, 5) is 26.5. The number of hydrogen-bond acceptors (Lipinski definition) is 4. The van der Waals surface area contributed by atoms with Gasteiger partial charge in [0.2, 0.25) is 5.91 Å². The van der Waals surface area contributed by atoms with Crippen LogP contribution in [0.15, 0.2) is 53.3 Å². The first-order valence-corrected chi connectivity index (χ1v) is 8.25. The lowest BCUT2D eigenvalue weighted by atomic mass is 10.2. The predicted octanol–water partition coefficient (Wildman–Crippen LogP) is 2.36. The number of rotatable bonds is 6. The molecule has 8 heteroatoms. The van der Waals surface area contributed by atoms with Crippen molar-refractivity contribution in [1.29, 1.82) is 0 Å². The second-order valence-electron chi connectivity index (χ2n) is 5.84. The number of halogens is 2. The zero-order chi connectivity index (χ0) is 19.2. The first-order chi connectivity index (χ1) is 13.0. The summed E-state index contributed by atoms with van der Waals surface area (Å²) in [5, 5.41) is 10.4. The third-order valence-corrected chi connectivity index (χ3v) is 3.88. The van der Waals surface area contributed by atoms with Crippen molar-refractivity contribution in [1.82, 2.24) is 20.5 Å². The molecule has 1 heterocycles. The van der Waals surface area contributed by atoms with Gasteiger partial charge in [-0.15, -0.1) is 10.2 Å². The molecule has 3 aromatic rings. The highest BCUT2D eigenvalue weighted by Gasteiger charge is 2.11. The van der Waals surface area contributed by atoms with Crippen molar-refractivity contribution < 1.29 is 13.6 Å². The highest BCUT2D eigenvalue weighted by atomic mass is 19.2. The number of H-pyrrole nitrogens is 1. The molecule has 0 aliphatic carbocycles. The van der Waals surface area contributed by atoms with Gasteiger partial charge < -0.3 is 10.3 Å². The molecule has 0 unspecified atom stereocenters. The van der Waals surface area contributed by atoms with Crippen molar-refractivity contribution in [2.75, 3.05) is 0 Å². The average Bonchev–Trinajstić information content (AvgIpc) is 2.68. The Balaban J connectivity index is 1.60. The highest BCUT2D eigenvalue weighted by Crippen LogP contribution is 2.16. The van der Waals surface area contributed by atoms with E-state index in [1.807, 2.05) is 30.3 Å². The maximum atomic E-state index is 13.3. The van der Waals surface area contributed by atoms with Gasteiger partial charge in [0.1, 0.15) is 5.69 Å². The Bertz CT molecular complexity index is 1010. The summed E-state index contributed by atoms with van der Waals surface area (Å²) in [6.45, 7) is 0.400. The van der Waals surface area contributed by atoms with Crippen LogP contribution in [0.3, 0.4) is 0 Å². The maximum Gasteiger partial charge on any atom is 0.273 e. The smallest absolute Gasteiger partial charge is 0.273 e. The van der Waals surface area contributed by atoms with Crippen molar-refractivity contribution in [3.05, 3.63) is 81.8 Å². The molecule has 1 amide bonds. The van der Waals surface area contributed by atoms with Crippen LogP contribution in [0.1, 0.15) is 17.7 Å². The van der Waals surface area contributed by atoms with Crippen molar-refractivity contribution in [3.8, 4) is 11.4 Å². The Morgan fingerprint density at radius 2 is 1.81 bits per heavy atom. The molecule has 0 aliphatic heterocycles. The van der Waals surface area contributed by atoms with Crippen LogP contribution in [0.5, 0.6) is 0 Å². The number of aryl methyl sites for hydroxylation is 1. The van der Waals surface area contributed by atoms with Crippen LogP contribution < -0.4 is 10.9 Å². The summed E-state index contributed by atoms with van der Waals surface area (Å²) >= 11 is 0. The average molecular weight is 370 g/mol. The molecule has 27 heavy (non-hydrogen) atoms. The van der Waals surface area contributed by atoms with Crippen molar-refractivity contribution in [2.24, 2.45) is 0 Å². The fraction of sp³-hybridized carbons (Fsp3) is 0.158. The van der Waals surface area contributed by atoms with Crippen LogP contribution in [0.4, 0.5) is 8.78 Å². The van der Waals surface area contributed by atoms with E-state index < -0.39 is 17.2 Å². The normalized spacial score (nSPS) is 10.6. The summed E-state index contributed by atoms with van der Waals surface area (Å²) in [5.41, 5.74) is 0.738. The van der Waals surface area contributed by atoms with Gasteiger partial charge in [-0.05, 0) is 23.8 Å². The zero-order valence-electron chi connectivity index (χ0n) is 14.2. The second-order valence-corrected chi connectivity index (χ2v) is 5.84. The quantitative estimate of drug-likeness (QED) is 0.697. The molecule has 2 N–H and O–H groups in total. The topological polar surface area (TPSA) is 87.7 Å². The third-order valence-electron chi connectivity index (χ3n) is 3.88. The second kappa shape index (κ2) is 8.31. The first kappa shape index (κ1) is 18.4. The fourth-order valence-electron chi connectivity index (χ4n) is 2.41. The summed E-state index contributed by atoms with van der Waals surface area (Å²) < 4.78 is 26.3. The van der Waals surface area contributed by atoms with Gasteiger partial charge >= 0.3 is 0 Å². The summed E-state index contributed by atoms with van der Waals surface area (Å²) in [7, 11) is 0. The minimum absolute atomic E-state index is 0.0242. The van der Waals surface area contributed by atoms with Crippen LogP contribution in [0, 0.1) is 11.6 Å². The van der Waals surface area contributed by atoms with Gasteiger partial charge in [0, 0.05) is 24.9 Å². The molecule has 0 atom stereocenters. The minimum atomic E-state index is -1.05. The van der Waals surface area contributed by atoms with E-state index in [2.05, 4.69) is 20.5 Å². The third kappa shape index (κ3) is 4.81. The van der Waals surface area contributed by atoms with Crippen LogP contribution in [-0.4, -0.2) is 21.1 Å². The molecule has 0 saturated carbocycles. The van der Waals surface area contributed by atoms with Gasteiger partial charge in [-0.3, -0.25) is 9.59 Å². The predicted molar refractivity (Wildman–Crippen MR) is 94.6 cm³/mol. The molecule has 6 nitrogen and oxygen atoms in total. The Morgan fingerprint density at radius 1 is 1.04 bits per heavy atom. The standard InChI is InChI=1S/C19H16F2N4O2/c20-14-7-6-13(10-15(14)21)18-23-19(27)16(24-25-18)8-9-17(26)22-11-12-4-2-1-3-5-12/h1-7,10H,8-9,11H2,(H,22,26)(H,23,25,27). The minimum Gasteiger partial charge on any atom is -0.352 e. The number of benzene rings is 2. The molecule has 0 spiro atoms. The van der Waals surface area contributed by atoms with Crippen molar-refractivity contribution in [3.63, 3.8) is 0 Å². The van der Waals surface area contributed by atoms with E-state index in [0.717, 1.165) is 17.7 Å². The molecule has 0 aliphatic rings. The van der Waals surface area contributed by atoms with E-state index in [0.29, 0.717) is 6.54 Å². The van der Waals surface area contributed by atoms with Crippen LogP contribution in [0.25, 0.3) is 11.4 Å². The van der Waals surface area contributed by atoms with E-state index in [4.69, 9.17) is 0 Å². The zero-order valence-corrected chi connectivity index (χ0v) is 14.2. The van der Waals surface area contributed by atoms with Crippen LogP contribution in [0.2, 0.25) is 0 Å². The molecule has 3 rings (SSSR count). The molecule has 2 aromatic carbocycles. The first-order valence-electron chi connectivity index (χ1n) is 8.25. The Labute approximate surface area is 153 Å². The lowest BCUT2D eigenvalue weighted by molar-refractivity contribution is -0.121. The monoisotopic (exact) mass is 370 g/mol. The lowest BCUT2D eigenvalue weighted by Gasteiger charge is -2.05. The molecular formula is C19H16F2N4O2. The van der Waals surface area contributed by atoms with E-state index in [-0.39, 0.29) is 35.8 Å². The van der Waals surface area contributed by atoms with Gasteiger partial charge in [0.05, 0.1) is 0 Å². The fourth-order valence-corrected chi connectivity index (χ4v) is 2.41. The number of amides is 1. The summed E-state index contributed by atoms with van der Waals surface area (Å²) in [6.07, 6.45) is 0.191. The van der Waals surface area contributed by atoms with Gasteiger partial charge in [-0.2, -0.15) is 0 Å². The maximum absolute atomic E-state index is 13.3. The molecule has 0 fully saturated rings. The highest BCUT2D eigenvalue weighted by molar-refractivity contribution is 5.76. The number of nitrogens with one attached hydrogen (secondary N) is 2. The Hall–Kier alpha value is -3.42. The lowest BCUT2D eigenvalue weighted by Crippen LogP contribution is -2.25. The Morgan fingerprint density at radius 3 is 2.52 bits per heavy atom. The van der Waals surface area contributed by atoms with E-state index in [1.165, 1.54) is 6.07 Å². The van der Waals surface area contributed by atoms with Gasteiger partial charge in [-0.25, -0.2) is 8.78 Å². The van der Waals surface area contributed by atoms with E-state index in [1.54, 1.807) is 0 Å². The molecule has 138 valence electrons. The van der Waals surface area contributed by atoms with E-state index >= 15 is 0 Å². The summed E-state index contributed by atoms with van der Waals surface area (Å²) in [5.74, 6) is -2.23. The van der Waals surface area contributed by atoms with Crippen molar-refractivity contribution >= 4 is 5.91 Å². The number of aromatic amines is 1. The number of carbonyl (C=O) groups excluding carboxylic acids is 1. The van der Waals surface area contributed by atoms with Gasteiger partial charge in [0.25, 0.3) is 5.56 Å². The molecular weight excluding hydrogens is 354 g/mol. The van der Waals surface area contributed by atoms with Gasteiger partial charge in [-0.1, -0.05) is 30.3 Å². The van der Waals surface area contributed by atoms with Crippen molar-refractivity contribution in [2.45, 2.75) is 19.4 Å². The van der Waals surface area contributed by atoms with Gasteiger partial charge in [0.15, 0.2) is 17.5 Å². The SMILES string of the molecule is O=C(CCc1nnc(-c2ccc(F)c(F)c2)[nH]c1=O)NCc1ccccc1.